The van der Waals surface area contributed by atoms with Crippen molar-refractivity contribution in [2.75, 3.05) is 13.2 Å². The average molecular weight is 877 g/mol. The maximum atomic E-state index is 12.8. The zero-order chi connectivity index (χ0) is 45.8. The molecule has 0 heterocycles. The molecule has 0 N–H and O–H groups in total. The van der Waals surface area contributed by atoms with Gasteiger partial charge < -0.3 is 14.2 Å². The molecule has 0 saturated carbocycles. The Morgan fingerprint density at radius 2 is 0.698 bits per heavy atom. The molecule has 360 valence electrons. The zero-order valence-corrected chi connectivity index (χ0v) is 41.1. The third kappa shape index (κ3) is 49.5. The normalized spacial score (nSPS) is 12.7. The molecule has 1 atom stereocenters. The third-order valence-electron chi connectivity index (χ3n) is 11.0. The lowest BCUT2D eigenvalue weighted by molar-refractivity contribution is -0.167. The molecule has 63 heavy (non-hydrogen) atoms. The summed E-state index contributed by atoms with van der Waals surface area (Å²) in [6.07, 6.45) is 65.6. The first-order valence-corrected chi connectivity index (χ1v) is 26.1. The van der Waals surface area contributed by atoms with Crippen molar-refractivity contribution in [2.45, 2.75) is 245 Å². The van der Waals surface area contributed by atoms with E-state index in [1.165, 1.54) is 77.0 Å². The Balaban J connectivity index is 4.40. The van der Waals surface area contributed by atoms with Gasteiger partial charge in [-0.25, -0.2) is 0 Å². The Morgan fingerprint density at radius 3 is 1.14 bits per heavy atom. The fraction of sp³-hybridized carbons (Fsp3) is 0.702. The molecule has 0 aliphatic carbocycles. The fourth-order valence-corrected chi connectivity index (χ4v) is 7.08. The first-order chi connectivity index (χ1) is 31.0. The summed E-state index contributed by atoms with van der Waals surface area (Å²) in [5, 5.41) is 0. The highest BCUT2D eigenvalue weighted by atomic mass is 16.6. The zero-order valence-electron chi connectivity index (χ0n) is 41.1. The largest absolute Gasteiger partial charge is 0.462 e. The number of hydrogen-bond donors (Lipinski definition) is 0. The molecule has 0 aliphatic heterocycles. The molecule has 0 aromatic heterocycles. The van der Waals surface area contributed by atoms with Crippen molar-refractivity contribution in [1.29, 1.82) is 0 Å². The van der Waals surface area contributed by atoms with Crippen LogP contribution in [0.1, 0.15) is 239 Å². The monoisotopic (exact) mass is 877 g/mol. The first kappa shape index (κ1) is 59.6. The predicted molar refractivity (Wildman–Crippen MR) is 270 cm³/mol. The van der Waals surface area contributed by atoms with Gasteiger partial charge in [-0.2, -0.15) is 0 Å². The molecular formula is C57H96O6. The van der Waals surface area contributed by atoms with E-state index in [2.05, 4.69) is 106 Å². The van der Waals surface area contributed by atoms with Crippen LogP contribution in [0.3, 0.4) is 0 Å². The molecule has 0 saturated heterocycles. The van der Waals surface area contributed by atoms with Crippen LogP contribution in [0.2, 0.25) is 0 Å². The SMILES string of the molecule is CC\C=C/C=C\C=C/CCCCCCCC(=O)OC(COC(=O)CCCCCCCC/C=C\C/C=C\C/C=C\C/C=C\CC)COC(=O)CCCCCCCCCCCCCCC. The van der Waals surface area contributed by atoms with Crippen LogP contribution in [0.5, 0.6) is 0 Å². The molecule has 0 rings (SSSR count). The minimum atomic E-state index is -0.791. The second-order valence-corrected chi connectivity index (χ2v) is 17.1. The van der Waals surface area contributed by atoms with E-state index >= 15 is 0 Å². The van der Waals surface area contributed by atoms with E-state index in [9.17, 15) is 14.4 Å². The Labute approximate surface area is 388 Å². The van der Waals surface area contributed by atoms with Crippen molar-refractivity contribution in [3.63, 3.8) is 0 Å². The number of esters is 3. The smallest absolute Gasteiger partial charge is 0.306 e. The standard InChI is InChI=1S/C57H96O6/c1-4-7-10-13-16-19-22-25-26-27-28-29-30-33-35-38-41-44-47-50-56(59)62-53-54(63-57(60)51-48-45-42-39-36-32-24-21-18-15-12-9-6-3)52-61-55(58)49-46-43-40-37-34-31-23-20-17-14-11-8-5-2/h7,9-10,12,15-16,18-19,21,24-26,28-29,54H,4-6,8,11,13-14,17,20,22-23,27,30-53H2,1-3H3/b10-7-,12-9-,18-15-,19-16-,24-21-,26-25-,29-28-. The summed E-state index contributed by atoms with van der Waals surface area (Å²) in [5.41, 5.74) is 0. The van der Waals surface area contributed by atoms with Gasteiger partial charge in [0.2, 0.25) is 0 Å². The fourth-order valence-electron chi connectivity index (χ4n) is 7.08. The highest BCUT2D eigenvalue weighted by molar-refractivity contribution is 5.71. The second-order valence-electron chi connectivity index (χ2n) is 17.1. The summed E-state index contributed by atoms with van der Waals surface area (Å²) < 4.78 is 16.8. The Hall–Kier alpha value is -3.41. The molecule has 0 amide bonds. The van der Waals surface area contributed by atoms with Gasteiger partial charge in [0.05, 0.1) is 0 Å². The quantitative estimate of drug-likeness (QED) is 0.0199. The van der Waals surface area contributed by atoms with E-state index < -0.39 is 6.10 Å². The highest BCUT2D eigenvalue weighted by Crippen LogP contribution is 2.15. The number of rotatable bonds is 46. The molecule has 1 unspecified atom stereocenters. The molecule has 0 bridgehead atoms. The number of unbranched alkanes of at least 4 members (excludes halogenated alkanes) is 23. The minimum Gasteiger partial charge on any atom is -0.462 e. The van der Waals surface area contributed by atoms with E-state index in [4.69, 9.17) is 14.2 Å². The van der Waals surface area contributed by atoms with E-state index in [-0.39, 0.29) is 31.1 Å². The topological polar surface area (TPSA) is 78.9 Å². The number of ether oxygens (including phenoxy) is 3. The van der Waals surface area contributed by atoms with Gasteiger partial charge in [-0.3, -0.25) is 14.4 Å². The summed E-state index contributed by atoms with van der Waals surface area (Å²) in [5.74, 6) is -0.923. The van der Waals surface area contributed by atoms with E-state index in [1.54, 1.807) is 0 Å². The summed E-state index contributed by atoms with van der Waals surface area (Å²) in [6, 6.07) is 0. The molecule has 0 aromatic rings. The summed E-state index contributed by atoms with van der Waals surface area (Å²) in [7, 11) is 0. The number of allylic oxidation sites excluding steroid dienone is 14. The average Bonchev–Trinajstić information content (AvgIpc) is 3.28. The predicted octanol–water partition coefficient (Wildman–Crippen LogP) is 17.2. The lowest BCUT2D eigenvalue weighted by Crippen LogP contribution is -2.30. The molecular weight excluding hydrogens is 781 g/mol. The van der Waals surface area contributed by atoms with Crippen LogP contribution >= 0.6 is 0 Å². The van der Waals surface area contributed by atoms with E-state index in [0.717, 1.165) is 122 Å². The van der Waals surface area contributed by atoms with Crippen LogP contribution in [0.15, 0.2) is 85.1 Å². The minimum absolute atomic E-state index is 0.0885. The van der Waals surface area contributed by atoms with Crippen LogP contribution in [-0.2, 0) is 28.6 Å². The van der Waals surface area contributed by atoms with Crippen molar-refractivity contribution in [2.24, 2.45) is 0 Å². The molecule has 0 aromatic carbocycles. The molecule has 0 fully saturated rings. The maximum absolute atomic E-state index is 12.8. The Bertz CT molecular complexity index is 1240. The van der Waals surface area contributed by atoms with Crippen molar-refractivity contribution < 1.29 is 28.6 Å². The van der Waals surface area contributed by atoms with Gasteiger partial charge in [-0.05, 0) is 77.0 Å². The van der Waals surface area contributed by atoms with Crippen LogP contribution < -0.4 is 0 Å². The van der Waals surface area contributed by atoms with Gasteiger partial charge in [-0.15, -0.1) is 0 Å². The highest BCUT2D eigenvalue weighted by Gasteiger charge is 2.19. The Morgan fingerprint density at radius 1 is 0.349 bits per heavy atom. The van der Waals surface area contributed by atoms with Gasteiger partial charge in [0.25, 0.3) is 0 Å². The van der Waals surface area contributed by atoms with Crippen LogP contribution in [-0.4, -0.2) is 37.2 Å². The summed E-state index contributed by atoms with van der Waals surface area (Å²) >= 11 is 0. The maximum Gasteiger partial charge on any atom is 0.306 e. The van der Waals surface area contributed by atoms with Gasteiger partial charge in [0, 0.05) is 19.3 Å². The van der Waals surface area contributed by atoms with Gasteiger partial charge in [0.15, 0.2) is 6.10 Å². The lowest BCUT2D eigenvalue weighted by atomic mass is 10.0. The first-order valence-electron chi connectivity index (χ1n) is 26.1. The Kier molecular flexibility index (Phi) is 48.5. The molecule has 6 nitrogen and oxygen atoms in total. The van der Waals surface area contributed by atoms with Crippen molar-refractivity contribution in [1.82, 2.24) is 0 Å². The second kappa shape index (κ2) is 51.2. The molecule has 0 aliphatic rings. The molecule has 0 spiro atoms. The number of carbonyl (C=O) groups excluding carboxylic acids is 3. The van der Waals surface area contributed by atoms with Crippen molar-refractivity contribution in [3.05, 3.63) is 85.1 Å². The number of hydrogen-bond acceptors (Lipinski definition) is 6. The van der Waals surface area contributed by atoms with Gasteiger partial charge in [0.1, 0.15) is 13.2 Å². The summed E-state index contributed by atoms with van der Waals surface area (Å²) in [4.78, 5) is 38.0. The molecule has 6 heteroatoms. The van der Waals surface area contributed by atoms with Crippen molar-refractivity contribution >= 4 is 17.9 Å². The van der Waals surface area contributed by atoms with E-state index in [1.807, 2.05) is 0 Å². The van der Waals surface area contributed by atoms with Gasteiger partial charge in [-0.1, -0.05) is 228 Å². The lowest BCUT2D eigenvalue weighted by Gasteiger charge is -2.18. The molecule has 0 radical (unpaired) electrons. The number of carbonyl (C=O) groups is 3. The summed E-state index contributed by atoms with van der Waals surface area (Å²) in [6.45, 7) is 6.36. The van der Waals surface area contributed by atoms with Crippen LogP contribution in [0.25, 0.3) is 0 Å². The van der Waals surface area contributed by atoms with E-state index in [0.29, 0.717) is 19.3 Å². The van der Waals surface area contributed by atoms with Crippen molar-refractivity contribution in [3.8, 4) is 0 Å². The van der Waals surface area contributed by atoms with Gasteiger partial charge >= 0.3 is 17.9 Å². The third-order valence-corrected chi connectivity index (χ3v) is 11.0. The van der Waals surface area contributed by atoms with Crippen LogP contribution in [0, 0.1) is 0 Å². The van der Waals surface area contributed by atoms with Crippen LogP contribution in [0.4, 0.5) is 0 Å².